The maximum Gasteiger partial charge on any atom is 0.200 e. The Hall–Kier alpha value is -2.99. The van der Waals surface area contributed by atoms with Crippen molar-refractivity contribution in [3.8, 4) is 22.8 Å². The molecule has 0 aliphatic carbocycles. The predicted molar refractivity (Wildman–Crippen MR) is 96.0 cm³/mol. The summed E-state index contributed by atoms with van der Waals surface area (Å²) in [6, 6.07) is 17.7. The second-order valence-corrected chi connectivity index (χ2v) is 5.68. The van der Waals surface area contributed by atoms with Gasteiger partial charge in [-0.15, -0.1) is 0 Å². The number of nitrogens with zero attached hydrogens (tertiary/aromatic N) is 3. The quantitative estimate of drug-likeness (QED) is 0.572. The van der Waals surface area contributed by atoms with Gasteiger partial charge in [0.1, 0.15) is 5.75 Å². The van der Waals surface area contributed by atoms with E-state index in [2.05, 4.69) is 21.2 Å². The number of aromatic nitrogens is 4. The summed E-state index contributed by atoms with van der Waals surface area (Å²) in [5, 5.41) is 8.35. The normalized spacial score (nSPS) is 10.9. The molecule has 0 bridgehead atoms. The molecule has 0 saturated carbocycles. The highest BCUT2D eigenvalue weighted by molar-refractivity contribution is 7.71. The summed E-state index contributed by atoms with van der Waals surface area (Å²) in [6.45, 7) is 0. The van der Waals surface area contributed by atoms with Crippen LogP contribution in [0.3, 0.4) is 0 Å². The summed E-state index contributed by atoms with van der Waals surface area (Å²) < 4.78 is 7.67. The van der Waals surface area contributed by atoms with Gasteiger partial charge in [-0.3, -0.25) is 14.6 Å². The van der Waals surface area contributed by atoms with E-state index in [9.17, 15) is 0 Å². The van der Waals surface area contributed by atoms with Crippen LogP contribution in [-0.4, -0.2) is 26.9 Å². The largest absolute Gasteiger partial charge is 0.497 e. The fourth-order valence-electron chi connectivity index (χ4n) is 2.68. The van der Waals surface area contributed by atoms with Gasteiger partial charge in [0.05, 0.1) is 18.3 Å². The van der Waals surface area contributed by atoms with Gasteiger partial charge in [0.2, 0.25) is 0 Å². The van der Waals surface area contributed by atoms with E-state index in [1.807, 2.05) is 53.1 Å². The molecule has 2 aromatic heterocycles. The van der Waals surface area contributed by atoms with E-state index in [-0.39, 0.29) is 0 Å². The highest BCUT2D eigenvalue weighted by atomic mass is 32.1. The van der Waals surface area contributed by atoms with E-state index >= 15 is 0 Å². The fraction of sp³-hybridized carbons (Fsp3) is 0.0556. The molecule has 0 amide bonds. The summed E-state index contributed by atoms with van der Waals surface area (Å²) in [4.78, 5) is 4.35. The van der Waals surface area contributed by atoms with E-state index < -0.39 is 0 Å². The molecule has 0 atom stereocenters. The Morgan fingerprint density at radius 1 is 1.08 bits per heavy atom. The lowest BCUT2D eigenvalue weighted by molar-refractivity contribution is 0.414. The van der Waals surface area contributed by atoms with Crippen molar-refractivity contribution in [3.05, 3.63) is 65.6 Å². The number of benzene rings is 2. The van der Waals surface area contributed by atoms with Gasteiger partial charge in [-0.1, -0.05) is 6.07 Å². The summed E-state index contributed by atoms with van der Waals surface area (Å²) in [5.74, 6) is 1.56. The third kappa shape index (κ3) is 2.47. The SMILES string of the molecule is COc1ccc(-n2c(-c3ccc4ncccc4c3)n[nH]c2=S)cc1. The average molecular weight is 334 g/mol. The monoisotopic (exact) mass is 334 g/mol. The Morgan fingerprint density at radius 3 is 2.71 bits per heavy atom. The van der Waals surface area contributed by atoms with Crippen LogP contribution in [0, 0.1) is 4.77 Å². The average Bonchev–Trinajstić information content (AvgIpc) is 3.03. The van der Waals surface area contributed by atoms with Crippen LogP contribution in [0.2, 0.25) is 0 Å². The van der Waals surface area contributed by atoms with Gasteiger partial charge in [-0.2, -0.15) is 5.10 Å². The molecule has 0 radical (unpaired) electrons. The fourth-order valence-corrected chi connectivity index (χ4v) is 2.91. The van der Waals surface area contributed by atoms with Crippen LogP contribution in [0.15, 0.2) is 60.8 Å². The first kappa shape index (κ1) is 14.6. The Kier molecular flexibility index (Phi) is 3.59. The minimum absolute atomic E-state index is 0.543. The van der Waals surface area contributed by atoms with Crippen molar-refractivity contribution < 1.29 is 4.74 Å². The third-order valence-corrected chi connectivity index (χ3v) is 4.14. The second kappa shape index (κ2) is 5.90. The van der Waals surface area contributed by atoms with Gasteiger partial charge in [-0.05, 0) is 60.7 Å². The molecule has 4 rings (SSSR count). The number of ether oxygens (including phenoxy) is 1. The number of nitrogens with one attached hydrogen (secondary N) is 1. The molecule has 24 heavy (non-hydrogen) atoms. The topological polar surface area (TPSA) is 55.7 Å². The van der Waals surface area contributed by atoms with Crippen LogP contribution >= 0.6 is 12.2 Å². The standard InChI is InChI=1S/C18H14N4OS/c1-23-15-7-5-14(6-8-15)22-17(20-21-18(22)24)13-4-9-16-12(11-13)3-2-10-19-16/h2-11H,1H3,(H,21,24). The van der Waals surface area contributed by atoms with Crippen LogP contribution < -0.4 is 4.74 Å². The first-order chi connectivity index (χ1) is 11.8. The Morgan fingerprint density at radius 2 is 1.92 bits per heavy atom. The molecule has 0 saturated heterocycles. The van der Waals surface area contributed by atoms with Crippen LogP contribution in [-0.2, 0) is 0 Å². The molecule has 1 N–H and O–H groups in total. The molecule has 0 fully saturated rings. The van der Waals surface area contributed by atoms with E-state index in [4.69, 9.17) is 17.0 Å². The maximum absolute atomic E-state index is 5.41. The lowest BCUT2D eigenvalue weighted by Crippen LogP contribution is -1.98. The van der Waals surface area contributed by atoms with Crippen LogP contribution in [0.5, 0.6) is 5.75 Å². The number of fused-ring (bicyclic) bond motifs is 1. The van der Waals surface area contributed by atoms with Gasteiger partial charge in [-0.25, -0.2) is 0 Å². The van der Waals surface area contributed by atoms with E-state index in [1.54, 1.807) is 13.3 Å². The van der Waals surface area contributed by atoms with Gasteiger partial charge >= 0.3 is 0 Å². The van der Waals surface area contributed by atoms with Crippen molar-refractivity contribution in [2.24, 2.45) is 0 Å². The molecular weight excluding hydrogens is 320 g/mol. The van der Waals surface area contributed by atoms with Crippen molar-refractivity contribution in [1.29, 1.82) is 0 Å². The van der Waals surface area contributed by atoms with Gasteiger partial charge in [0.25, 0.3) is 0 Å². The number of methoxy groups -OCH3 is 1. The predicted octanol–water partition coefficient (Wildman–Crippen LogP) is 4.15. The van der Waals surface area contributed by atoms with Gasteiger partial charge in [0, 0.05) is 17.1 Å². The van der Waals surface area contributed by atoms with E-state index in [0.29, 0.717) is 4.77 Å². The lowest BCUT2D eigenvalue weighted by Gasteiger charge is -2.08. The zero-order chi connectivity index (χ0) is 16.5. The first-order valence-corrected chi connectivity index (χ1v) is 7.84. The zero-order valence-corrected chi connectivity index (χ0v) is 13.7. The summed E-state index contributed by atoms with van der Waals surface area (Å²) >= 11 is 5.41. The number of rotatable bonds is 3. The number of aromatic amines is 1. The van der Waals surface area contributed by atoms with E-state index in [0.717, 1.165) is 33.7 Å². The van der Waals surface area contributed by atoms with Crippen molar-refractivity contribution in [2.45, 2.75) is 0 Å². The Labute approximate surface area is 143 Å². The number of pyridine rings is 1. The third-order valence-electron chi connectivity index (χ3n) is 3.86. The maximum atomic E-state index is 5.41. The molecule has 2 aromatic carbocycles. The lowest BCUT2D eigenvalue weighted by atomic mass is 10.1. The molecule has 5 nitrogen and oxygen atoms in total. The molecule has 118 valence electrons. The highest BCUT2D eigenvalue weighted by Gasteiger charge is 2.11. The Bertz CT molecular complexity index is 1070. The molecule has 0 aliphatic rings. The molecule has 0 unspecified atom stereocenters. The van der Waals surface area contributed by atoms with Gasteiger partial charge in [0.15, 0.2) is 10.6 Å². The van der Waals surface area contributed by atoms with E-state index in [1.165, 1.54) is 0 Å². The van der Waals surface area contributed by atoms with Crippen molar-refractivity contribution >= 4 is 23.1 Å². The van der Waals surface area contributed by atoms with Crippen molar-refractivity contribution in [3.63, 3.8) is 0 Å². The second-order valence-electron chi connectivity index (χ2n) is 5.30. The number of hydrogen-bond acceptors (Lipinski definition) is 4. The summed E-state index contributed by atoms with van der Waals surface area (Å²) in [7, 11) is 1.65. The molecule has 0 aliphatic heterocycles. The minimum atomic E-state index is 0.543. The number of H-pyrrole nitrogens is 1. The first-order valence-electron chi connectivity index (χ1n) is 7.43. The summed E-state index contributed by atoms with van der Waals surface area (Å²) in [5.41, 5.74) is 2.85. The van der Waals surface area contributed by atoms with Crippen LogP contribution in [0.1, 0.15) is 0 Å². The van der Waals surface area contributed by atoms with Crippen molar-refractivity contribution in [2.75, 3.05) is 7.11 Å². The minimum Gasteiger partial charge on any atom is -0.497 e. The van der Waals surface area contributed by atoms with Crippen LogP contribution in [0.4, 0.5) is 0 Å². The molecule has 2 heterocycles. The molecule has 6 heteroatoms. The molecule has 0 spiro atoms. The van der Waals surface area contributed by atoms with Crippen molar-refractivity contribution in [1.82, 2.24) is 19.7 Å². The molecular formula is C18H14N4OS. The number of hydrogen-bond donors (Lipinski definition) is 1. The molecule has 4 aromatic rings. The van der Waals surface area contributed by atoms with Crippen LogP contribution in [0.25, 0.3) is 28.0 Å². The zero-order valence-electron chi connectivity index (χ0n) is 12.9. The smallest absolute Gasteiger partial charge is 0.200 e. The summed E-state index contributed by atoms with van der Waals surface area (Å²) in [6.07, 6.45) is 1.79. The highest BCUT2D eigenvalue weighted by Crippen LogP contribution is 2.25. The van der Waals surface area contributed by atoms with Gasteiger partial charge < -0.3 is 4.74 Å². The Balaban J connectivity index is 1.87.